The van der Waals surface area contributed by atoms with Crippen molar-refractivity contribution in [2.24, 2.45) is 0 Å². The Morgan fingerprint density at radius 1 is 1.41 bits per heavy atom. The summed E-state index contributed by atoms with van der Waals surface area (Å²) < 4.78 is 2.39. The molecule has 0 saturated heterocycles. The van der Waals surface area contributed by atoms with Crippen LogP contribution in [0.3, 0.4) is 0 Å². The van der Waals surface area contributed by atoms with E-state index in [1.807, 2.05) is 38.1 Å². The molecule has 17 heavy (non-hydrogen) atoms. The van der Waals surface area contributed by atoms with Crippen LogP contribution in [0.2, 0.25) is 0 Å². The van der Waals surface area contributed by atoms with Gasteiger partial charge in [0.25, 0.3) is 5.56 Å². The maximum absolute atomic E-state index is 12.0. The first-order chi connectivity index (χ1) is 8.00. The van der Waals surface area contributed by atoms with E-state index >= 15 is 0 Å². The minimum Gasteiger partial charge on any atom is -0.393 e. The van der Waals surface area contributed by atoms with Crippen molar-refractivity contribution >= 4 is 21.6 Å². The summed E-state index contributed by atoms with van der Waals surface area (Å²) in [5.74, 6) is 0.191. The van der Waals surface area contributed by atoms with Crippen LogP contribution >= 0.6 is 15.9 Å². The lowest BCUT2D eigenvalue weighted by atomic mass is 10.1. The zero-order valence-electron chi connectivity index (χ0n) is 9.70. The van der Waals surface area contributed by atoms with E-state index in [9.17, 15) is 4.79 Å². The number of nitrogens with zero attached hydrogens (tertiary/aromatic N) is 1. The molecule has 1 aromatic heterocycles. The van der Waals surface area contributed by atoms with Crippen molar-refractivity contribution in [3.05, 3.63) is 44.8 Å². The standard InChI is InChI=1S/C12H14BrN3O/c1-7(2)11-10(14)12(17)16(15-11)9-5-3-4-8(13)6-9/h3-7,15H,14H2,1-2H3. The predicted molar refractivity (Wildman–Crippen MR) is 72.6 cm³/mol. The number of aromatic amines is 1. The molecule has 0 bridgehead atoms. The summed E-state index contributed by atoms with van der Waals surface area (Å²) >= 11 is 3.38. The van der Waals surface area contributed by atoms with E-state index in [0.717, 1.165) is 15.9 Å². The van der Waals surface area contributed by atoms with Crippen molar-refractivity contribution in [2.75, 3.05) is 5.73 Å². The Labute approximate surface area is 108 Å². The fourth-order valence-corrected chi connectivity index (χ4v) is 2.09. The summed E-state index contributed by atoms with van der Waals surface area (Å²) in [5, 5.41) is 3.05. The number of nitrogen functional groups attached to an aromatic ring is 1. The molecule has 90 valence electrons. The number of benzene rings is 1. The Kier molecular flexibility index (Phi) is 3.11. The average Bonchev–Trinajstić information content (AvgIpc) is 2.56. The van der Waals surface area contributed by atoms with Gasteiger partial charge in [-0.05, 0) is 24.1 Å². The summed E-state index contributed by atoms with van der Waals surface area (Å²) in [4.78, 5) is 12.0. The molecule has 0 aliphatic rings. The molecule has 5 heteroatoms. The molecular weight excluding hydrogens is 282 g/mol. The lowest BCUT2D eigenvalue weighted by molar-refractivity contribution is 0.761. The number of hydrogen-bond acceptors (Lipinski definition) is 2. The largest absolute Gasteiger partial charge is 0.393 e. The Morgan fingerprint density at radius 3 is 2.65 bits per heavy atom. The van der Waals surface area contributed by atoms with Gasteiger partial charge in [-0.2, -0.15) is 0 Å². The van der Waals surface area contributed by atoms with Crippen molar-refractivity contribution in [2.45, 2.75) is 19.8 Å². The second kappa shape index (κ2) is 4.41. The minimum absolute atomic E-state index is 0.191. The van der Waals surface area contributed by atoms with Crippen molar-refractivity contribution in [3.8, 4) is 5.69 Å². The molecular formula is C12H14BrN3O. The van der Waals surface area contributed by atoms with Crippen molar-refractivity contribution in [3.63, 3.8) is 0 Å². The van der Waals surface area contributed by atoms with Gasteiger partial charge in [0, 0.05) is 4.47 Å². The summed E-state index contributed by atoms with van der Waals surface area (Å²) in [6.45, 7) is 3.99. The van der Waals surface area contributed by atoms with Gasteiger partial charge in [-0.1, -0.05) is 35.8 Å². The highest BCUT2D eigenvalue weighted by Gasteiger charge is 2.14. The first kappa shape index (κ1) is 12.0. The normalized spacial score (nSPS) is 11.1. The SMILES string of the molecule is CC(C)c1[nH]n(-c2cccc(Br)c2)c(=O)c1N. The third kappa shape index (κ3) is 2.15. The Bertz CT molecular complexity index is 598. The quantitative estimate of drug-likeness (QED) is 0.894. The summed E-state index contributed by atoms with van der Waals surface area (Å²) in [6.07, 6.45) is 0. The molecule has 4 nitrogen and oxygen atoms in total. The minimum atomic E-state index is -0.202. The highest BCUT2D eigenvalue weighted by atomic mass is 79.9. The van der Waals surface area contributed by atoms with E-state index in [1.165, 1.54) is 4.68 Å². The molecule has 0 saturated carbocycles. The third-order valence-corrected chi connectivity index (χ3v) is 3.09. The Morgan fingerprint density at radius 2 is 2.12 bits per heavy atom. The number of halogens is 1. The van der Waals surface area contributed by atoms with Crippen LogP contribution in [-0.4, -0.2) is 9.78 Å². The lowest BCUT2D eigenvalue weighted by Crippen LogP contribution is -2.16. The molecule has 1 aromatic carbocycles. The first-order valence-electron chi connectivity index (χ1n) is 5.37. The number of rotatable bonds is 2. The van der Waals surface area contributed by atoms with Crippen LogP contribution in [0.1, 0.15) is 25.5 Å². The number of hydrogen-bond donors (Lipinski definition) is 2. The fourth-order valence-electron chi connectivity index (χ4n) is 1.70. The molecule has 0 aliphatic carbocycles. The van der Waals surface area contributed by atoms with Gasteiger partial charge in [0.05, 0.1) is 11.4 Å². The highest BCUT2D eigenvalue weighted by molar-refractivity contribution is 9.10. The maximum Gasteiger partial charge on any atom is 0.294 e. The molecule has 3 N–H and O–H groups in total. The van der Waals surface area contributed by atoms with Crippen LogP contribution < -0.4 is 11.3 Å². The van der Waals surface area contributed by atoms with Gasteiger partial charge in [-0.3, -0.25) is 9.89 Å². The highest BCUT2D eigenvalue weighted by Crippen LogP contribution is 2.19. The van der Waals surface area contributed by atoms with Crippen LogP contribution in [0.25, 0.3) is 5.69 Å². The van der Waals surface area contributed by atoms with E-state index in [-0.39, 0.29) is 11.5 Å². The molecule has 0 spiro atoms. The van der Waals surface area contributed by atoms with Crippen LogP contribution in [0, 0.1) is 0 Å². The van der Waals surface area contributed by atoms with E-state index < -0.39 is 0 Å². The molecule has 0 unspecified atom stereocenters. The van der Waals surface area contributed by atoms with Crippen molar-refractivity contribution in [1.82, 2.24) is 9.78 Å². The van der Waals surface area contributed by atoms with Gasteiger partial charge >= 0.3 is 0 Å². The molecule has 0 fully saturated rings. The molecule has 0 amide bonds. The summed E-state index contributed by atoms with van der Waals surface area (Å²) in [5.41, 5.74) is 7.43. The van der Waals surface area contributed by atoms with Gasteiger partial charge in [0.2, 0.25) is 0 Å². The number of aromatic nitrogens is 2. The zero-order chi connectivity index (χ0) is 12.6. The topological polar surface area (TPSA) is 63.8 Å². The molecule has 1 heterocycles. The van der Waals surface area contributed by atoms with Crippen LogP contribution in [-0.2, 0) is 0 Å². The number of nitrogens with two attached hydrogens (primary N) is 1. The maximum atomic E-state index is 12.0. The summed E-state index contributed by atoms with van der Waals surface area (Å²) in [7, 11) is 0. The number of anilines is 1. The predicted octanol–water partition coefficient (Wildman–Crippen LogP) is 2.63. The van der Waals surface area contributed by atoms with E-state index in [4.69, 9.17) is 5.73 Å². The van der Waals surface area contributed by atoms with Crippen LogP contribution in [0.5, 0.6) is 0 Å². The molecule has 0 aliphatic heterocycles. The molecule has 0 radical (unpaired) electrons. The third-order valence-electron chi connectivity index (χ3n) is 2.60. The van der Waals surface area contributed by atoms with Crippen LogP contribution in [0.4, 0.5) is 5.69 Å². The second-order valence-corrected chi connectivity index (χ2v) is 5.13. The number of nitrogens with one attached hydrogen (secondary N) is 1. The summed E-state index contributed by atoms with van der Waals surface area (Å²) in [6, 6.07) is 7.50. The van der Waals surface area contributed by atoms with Gasteiger partial charge in [0.1, 0.15) is 5.69 Å². The fraction of sp³-hybridized carbons (Fsp3) is 0.250. The van der Waals surface area contributed by atoms with Gasteiger partial charge in [-0.25, -0.2) is 4.68 Å². The van der Waals surface area contributed by atoms with Crippen molar-refractivity contribution < 1.29 is 0 Å². The average molecular weight is 296 g/mol. The van der Waals surface area contributed by atoms with Gasteiger partial charge in [-0.15, -0.1) is 0 Å². The second-order valence-electron chi connectivity index (χ2n) is 4.21. The Hall–Kier alpha value is -1.49. The smallest absolute Gasteiger partial charge is 0.294 e. The number of H-pyrrole nitrogens is 1. The van der Waals surface area contributed by atoms with E-state index in [0.29, 0.717) is 5.69 Å². The Balaban J connectivity index is 2.61. The lowest BCUT2D eigenvalue weighted by Gasteiger charge is -2.03. The van der Waals surface area contributed by atoms with Crippen molar-refractivity contribution in [1.29, 1.82) is 0 Å². The van der Waals surface area contributed by atoms with Gasteiger partial charge in [0.15, 0.2) is 0 Å². The molecule has 2 aromatic rings. The van der Waals surface area contributed by atoms with E-state index in [2.05, 4.69) is 21.0 Å². The molecule has 2 rings (SSSR count). The monoisotopic (exact) mass is 295 g/mol. The molecule has 0 atom stereocenters. The van der Waals surface area contributed by atoms with Gasteiger partial charge < -0.3 is 5.73 Å². The van der Waals surface area contributed by atoms with Crippen LogP contribution in [0.15, 0.2) is 33.5 Å². The first-order valence-corrected chi connectivity index (χ1v) is 6.16. The van der Waals surface area contributed by atoms with E-state index in [1.54, 1.807) is 0 Å². The zero-order valence-corrected chi connectivity index (χ0v) is 11.3.